The molecule has 6 heteroatoms. The number of aryl methyl sites for hydroxylation is 2. The summed E-state index contributed by atoms with van der Waals surface area (Å²) < 4.78 is 1.74. The lowest BCUT2D eigenvalue weighted by molar-refractivity contribution is 0.585. The zero-order valence-corrected chi connectivity index (χ0v) is 17.2. The average molecular weight is 454 g/mol. The molecule has 0 unspecified atom stereocenters. The number of pyridine rings is 1. The third kappa shape index (κ3) is 7.72. The highest BCUT2D eigenvalue weighted by Crippen LogP contribution is 2.02. The summed E-state index contributed by atoms with van der Waals surface area (Å²) in [4.78, 5) is 15.8. The van der Waals surface area contributed by atoms with Gasteiger partial charge in [-0.1, -0.05) is 35.9 Å². The largest absolute Gasteiger partial charge is 0.356 e. The van der Waals surface area contributed by atoms with Crippen molar-refractivity contribution >= 4 is 29.9 Å². The monoisotopic (exact) mass is 454 g/mol. The second kappa shape index (κ2) is 11.7. The van der Waals surface area contributed by atoms with Gasteiger partial charge in [-0.3, -0.25) is 9.79 Å². The highest BCUT2D eigenvalue weighted by molar-refractivity contribution is 14.0. The van der Waals surface area contributed by atoms with Crippen molar-refractivity contribution in [3.05, 3.63) is 70.1 Å². The van der Waals surface area contributed by atoms with Crippen LogP contribution >= 0.6 is 24.0 Å². The van der Waals surface area contributed by atoms with E-state index in [1.54, 1.807) is 23.7 Å². The van der Waals surface area contributed by atoms with Crippen molar-refractivity contribution in [2.24, 2.45) is 4.99 Å². The van der Waals surface area contributed by atoms with Crippen LogP contribution in [0.25, 0.3) is 0 Å². The summed E-state index contributed by atoms with van der Waals surface area (Å²) in [6.07, 6.45) is 3.76. The van der Waals surface area contributed by atoms with Crippen LogP contribution in [0.15, 0.2) is 58.4 Å². The molecule has 0 aliphatic heterocycles. The molecule has 2 aromatic rings. The molecule has 0 spiro atoms. The van der Waals surface area contributed by atoms with E-state index in [-0.39, 0.29) is 29.5 Å². The highest BCUT2D eigenvalue weighted by atomic mass is 127. The predicted octanol–water partition coefficient (Wildman–Crippen LogP) is 2.92. The molecule has 2 rings (SSSR count). The van der Waals surface area contributed by atoms with Gasteiger partial charge in [-0.15, -0.1) is 24.0 Å². The minimum absolute atomic E-state index is 0. The van der Waals surface area contributed by atoms with Gasteiger partial charge in [0, 0.05) is 38.9 Å². The molecular weight excluding hydrogens is 427 g/mol. The Labute approximate surface area is 166 Å². The third-order valence-corrected chi connectivity index (χ3v) is 3.82. The van der Waals surface area contributed by atoms with Crippen molar-refractivity contribution in [1.82, 2.24) is 15.2 Å². The van der Waals surface area contributed by atoms with E-state index in [0.29, 0.717) is 0 Å². The number of nitrogens with zero attached hydrogens (tertiary/aromatic N) is 2. The fraction of sp³-hybridized carbons (Fsp3) is 0.368. The van der Waals surface area contributed by atoms with Crippen LogP contribution in [0, 0.1) is 6.92 Å². The Kier molecular flexibility index (Phi) is 9.91. The number of guanidine groups is 1. The van der Waals surface area contributed by atoms with Gasteiger partial charge in [-0.2, -0.15) is 0 Å². The standard InChI is InChI=1S/C19H26N4O.HI/c1-16-8-10-17(11-9-16)15-22-19(20-2)21-12-4-6-14-23-13-5-3-7-18(23)24;/h3,5,7-11,13H,4,6,12,14-15H2,1-2H3,(H2,20,21,22);1H. The summed E-state index contributed by atoms with van der Waals surface area (Å²) in [5.74, 6) is 0.799. The number of unbranched alkanes of at least 4 members (excludes halogenated alkanes) is 1. The van der Waals surface area contributed by atoms with E-state index in [4.69, 9.17) is 0 Å². The summed E-state index contributed by atoms with van der Waals surface area (Å²) in [6.45, 7) is 4.41. The van der Waals surface area contributed by atoms with Gasteiger partial charge in [0.25, 0.3) is 0 Å². The quantitative estimate of drug-likeness (QED) is 0.293. The van der Waals surface area contributed by atoms with Crippen molar-refractivity contribution < 1.29 is 0 Å². The molecule has 0 radical (unpaired) electrons. The molecule has 0 amide bonds. The Hall–Kier alpha value is -1.83. The van der Waals surface area contributed by atoms with E-state index in [9.17, 15) is 4.79 Å². The molecule has 1 aromatic heterocycles. The lowest BCUT2D eigenvalue weighted by atomic mass is 10.1. The third-order valence-electron chi connectivity index (χ3n) is 3.82. The first-order valence-corrected chi connectivity index (χ1v) is 8.34. The Morgan fingerprint density at radius 1 is 1.08 bits per heavy atom. The lowest BCUT2D eigenvalue weighted by Crippen LogP contribution is -2.37. The number of hydrogen-bond acceptors (Lipinski definition) is 2. The summed E-state index contributed by atoms with van der Waals surface area (Å²) in [7, 11) is 1.77. The molecule has 1 aromatic carbocycles. The van der Waals surface area contributed by atoms with Gasteiger partial charge in [-0.25, -0.2) is 0 Å². The minimum atomic E-state index is 0. The Balaban J connectivity index is 0.00000312. The number of hydrogen-bond donors (Lipinski definition) is 2. The molecule has 0 fully saturated rings. The maximum absolute atomic E-state index is 11.6. The van der Waals surface area contributed by atoms with Crippen molar-refractivity contribution in [3.63, 3.8) is 0 Å². The van der Waals surface area contributed by atoms with Crippen molar-refractivity contribution in [3.8, 4) is 0 Å². The summed E-state index contributed by atoms with van der Waals surface area (Å²) in [6, 6.07) is 13.7. The topological polar surface area (TPSA) is 58.4 Å². The highest BCUT2D eigenvalue weighted by Gasteiger charge is 1.99. The van der Waals surface area contributed by atoms with Crippen molar-refractivity contribution in [2.75, 3.05) is 13.6 Å². The molecular formula is C19H27IN4O. The number of aliphatic imine (C=N–C) groups is 1. The van der Waals surface area contributed by atoms with Crippen LogP contribution in [0.3, 0.4) is 0 Å². The van der Waals surface area contributed by atoms with Gasteiger partial charge in [0.15, 0.2) is 5.96 Å². The van der Waals surface area contributed by atoms with Crippen LogP contribution in [0.1, 0.15) is 24.0 Å². The van der Waals surface area contributed by atoms with Crippen LogP contribution < -0.4 is 16.2 Å². The van der Waals surface area contributed by atoms with Crippen LogP contribution in [0.4, 0.5) is 0 Å². The van der Waals surface area contributed by atoms with E-state index in [1.807, 2.05) is 12.3 Å². The number of benzene rings is 1. The molecule has 1 heterocycles. The smallest absolute Gasteiger partial charge is 0.250 e. The zero-order valence-electron chi connectivity index (χ0n) is 14.9. The van der Waals surface area contributed by atoms with Gasteiger partial charge >= 0.3 is 0 Å². The Morgan fingerprint density at radius 3 is 2.52 bits per heavy atom. The molecule has 0 saturated carbocycles. The maximum atomic E-state index is 11.6. The average Bonchev–Trinajstić information content (AvgIpc) is 2.60. The molecule has 0 aliphatic rings. The first kappa shape index (κ1) is 21.2. The number of rotatable bonds is 7. The van der Waals surface area contributed by atoms with Crippen LogP contribution in [-0.4, -0.2) is 24.1 Å². The van der Waals surface area contributed by atoms with E-state index >= 15 is 0 Å². The summed E-state index contributed by atoms with van der Waals surface area (Å²) >= 11 is 0. The van der Waals surface area contributed by atoms with E-state index in [0.717, 1.165) is 38.4 Å². The van der Waals surface area contributed by atoms with Gasteiger partial charge in [-0.05, 0) is 31.4 Å². The minimum Gasteiger partial charge on any atom is -0.356 e. The molecule has 0 aliphatic carbocycles. The van der Waals surface area contributed by atoms with Gasteiger partial charge < -0.3 is 15.2 Å². The molecule has 0 saturated heterocycles. The lowest BCUT2D eigenvalue weighted by Gasteiger charge is -2.12. The molecule has 0 atom stereocenters. The molecule has 0 bridgehead atoms. The normalized spacial score (nSPS) is 10.9. The van der Waals surface area contributed by atoms with E-state index in [2.05, 4.69) is 46.8 Å². The van der Waals surface area contributed by atoms with Gasteiger partial charge in [0.05, 0.1) is 0 Å². The second-order valence-corrected chi connectivity index (χ2v) is 5.78. The summed E-state index contributed by atoms with van der Waals surface area (Å²) in [5.41, 5.74) is 2.55. The van der Waals surface area contributed by atoms with Gasteiger partial charge in [0.2, 0.25) is 5.56 Å². The number of halogens is 1. The Bertz CT molecular complexity index is 710. The van der Waals surface area contributed by atoms with Crippen molar-refractivity contribution in [2.45, 2.75) is 32.9 Å². The second-order valence-electron chi connectivity index (χ2n) is 5.78. The predicted molar refractivity (Wildman–Crippen MR) is 115 cm³/mol. The Morgan fingerprint density at radius 2 is 1.84 bits per heavy atom. The van der Waals surface area contributed by atoms with E-state index < -0.39 is 0 Å². The fourth-order valence-corrected chi connectivity index (χ4v) is 2.37. The first-order valence-electron chi connectivity index (χ1n) is 8.34. The van der Waals surface area contributed by atoms with Gasteiger partial charge in [0.1, 0.15) is 0 Å². The van der Waals surface area contributed by atoms with Crippen LogP contribution in [-0.2, 0) is 13.1 Å². The molecule has 136 valence electrons. The first-order chi connectivity index (χ1) is 11.7. The molecule has 2 N–H and O–H groups in total. The number of aromatic nitrogens is 1. The summed E-state index contributed by atoms with van der Waals surface area (Å²) in [5, 5.41) is 6.61. The molecule has 25 heavy (non-hydrogen) atoms. The SMILES string of the molecule is CN=C(NCCCCn1ccccc1=O)NCc1ccc(C)cc1.I. The zero-order chi connectivity index (χ0) is 17.2. The fourth-order valence-electron chi connectivity index (χ4n) is 2.37. The van der Waals surface area contributed by atoms with Crippen LogP contribution in [0.2, 0.25) is 0 Å². The molecule has 5 nitrogen and oxygen atoms in total. The maximum Gasteiger partial charge on any atom is 0.250 e. The van der Waals surface area contributed by atoms with Crippen LogP contribution in [0.5, 0.6) is 0 Å². The number of nitrogens with one attached hydrogen (secondary N) is 2. The van der Waals surface area contributed by atoms with Crippen molar-refractivity contribution in [1.29, 1.82) is 0 Å². The van der Waals surface area contributed by atoms with E-state index in [1.165, 1.54) is 11.1 Å².